The molecule has 2 aromatic rings. The van der Waals surface area contributed by atoms with E-state index in [0.717, 1.165) is 28.1 Å². The van der Waals surface area contributed by atoms with Crippen LogP contribution in [0.2, 0.25) is 0 Å². The summed E-state index contributed by atoms with van der Waals surface area (Å²) in [5, 5.41) is 5.39. The number of thiazole rings is 1. The second-order valence-corrected chi connectivity index (χ2v) is 5.45. The minimum absolute atomic E-state index is 0.0417. The van der Waals surface area contributed by atoms with Crippen LogP contribution in [0.3, 0.4) is 0 Å². The van der Waals surface area contributed by atoms with Crippen LogP contribution in [0.5, 0.6) is 0 Å². The highest BCUT2D eigenvalue weighted by Gasteiger charge is 2.29. The summed E-state index contributed by atoms with van der Waals surface area (Å²) in [6.45, 7) is 3.94. The minimum atomic E-state index is -0.102. The zero-order chi connectivity index (χ0) is 12.9. The van der Waals surface area contributed by atoms with E-state index in [1.807, 2.05) is 25.3 Å². The summed E-state index contributed by atoms with van der Waals surface area (Å²) >= 11 is 1.41. The van der Waals surface area contributed by atoms with Crippen molar-refractivity contribution < 1.29 is 4.79 Å². The van der Waals surface area contributed by atoms with Crippen LogP contribution in [0.15, 0.2) is 17.5 Å². The van der Waals surface area contributed by atoms with Crippen LogP contribution < -0.4 is 11.1 Å². The van der Waals surface area contributed by atoms with Gasteiger partial charge in [0.2, 0.25) is 5.91 Å². The average Bonchev–Trinajstić information content (AvgIpc) is 2.86. The molecule has 1 atom stereocenters. The van der Waals surface area contributed by atoms with E-state index in [-0.39, 0.29) is 11.8 Å². The Kier molecular flexibility index (Phi) is 2.38. The number of nitrogens with two attached hydrogens (primary N) is 1. The first-order chi connectivity index (χ1) is 8.56. The minimum Gasteiger partial charge on any atom is -0.375 e. The van der Waals surface area contributed by atoms with Gasteiger partial charge in [0.05, 0.1) is 17.3 Å². The molecule has 1 aliphatic rings. The summed E-state index contributed by atoms with van der Waals surface area (Å²) in [5.41, 5.74) is 10.5. The van der Waals surface area contributed by atoms with Crippen LogP contribution in [0.4, 0.5) is 10.8 Å². The standard InChI is InChI=1S/C13H13N3OS/c1-6-3-8-7(2)12(17)16-11(8)9(4-6)10-5-18-13(14)15-10/h3-5,7H,1-2H3,(H2,14,15)(H,16,17). The molecule has 1 aliphatic heterocycles. The molecule has 5 heteroatoms. The van der Waals surface area contributed by atoms with Crippen molar-refractivity contribution in [3.05, 3.63) is 28.6 Å². The molecule has 4 nitrogen and oxygen atoms in total. The van der Waals surface area contributed by atoms with Crippen LogP contribution >= 0.6 is 11.3 Å². The van der Waals surface area contributed by atoms with E-state index < -0.39 is 0 Å². The second-order valence-electron chi connectivity index (χ2n) is 4.56. The van der Waals surface area contributed by atoms with Gasteiger partial charge in [-0.3, -0.25) is 4.79 Å². The predicted octanol–water partition coefficient (Wildman–Crippen LogP) is 2.76. The Balaban J connectivity index is 2.23. The lowest BCUT2D eigenvalue weighted by Crippen LogP contribution is -2.08. The summed E-state index contributed by atoms with van der Waals surface area (Å²) in [5.74, 6) is -0.0605. The summed E-state index contributed by atoms with van der Waals surface area (Å²) in [7, 11) is 0. The van der Waals surface area contributed by atoms with Gasteiger partial charge in [0, 0.05) is 10.9 Å². The van der Waals surface area contributed by atoms with Crippen molar-refractivity contribution >= 4 is 28.1 Å². The molecule has 0 bridgehead atoms. The van der Waals surface area contributed by atoms with Crippen LogP contribution in [-0.4, -0.2) is 10.9 Å². The number of anilines is 2. The molecule has 1 unspecified atom stereocenters. The van der Waals surface area contributed by atoms with Gasteiger partial charge in [0.1, 0.15) is 0 Å². The number of fused-ring (bicyclic) bond motifs is 1. The van der Waals surface area contributed by atoms with Crippen molar-refractivity contribution in [2.24, 2.45) is 0 Å². The Bertz CT molecular complexity index is 648. The molecule has 1 aromatic heterocycles. The normalized spacial score (nSPS) is 17.7. The summed E-state index contributed by atoms with van der Waals surface area (Å²) in [4.78, 5) is 16.1. The first kappa shape index (κ1) is 11.2. The number of amides is 1. The van der Waals surface area contributed by atoms with Gasteiger partial charge in [-0.25, -0.2) is 4.98 Å². The van der Waals surface area contributed by atoms with Gasteiger partial charge in [-0.1, -0.05) is 11.6 Å². The Morgan fingerprint density at radius 1 is 1.44 bits per heavy atom. The van der Waals surface area contributed by atoms with Crippen molar-refractivity contribution in [3.63, 3.8) is 0 Å². The molecule has 18 heavy (non-hydrogen) atoms. The van der Waals surface area contributed by atoms with Crippen LogP contribution in [-0.2, 0) is 4.79 Å². The number of rotatable bonds is 1. The third-order valence-electron chi connectivity index (χ3n) is 3.22. The van der Waals surface area contributed by atoms with Crippen molar-refractivity contribution in [3.8, 4) is 11.3 Å². The number of benzene rings is 1. The average molecular weight is 259 g/mol. The Morgan fingerprint density at radius 2 is 2.22 bits per heavy atom. The van der Waals surface area contributed by atoms with Crippen LogP contribution in [0, 0.1) is 6.92 Å². The maximum atomic E-state index is 11.8. The molecule has 0 fully saturated rings. The van der Waals surface area contributed by atoms with Gasteiger partial charge < -0.3 is 11.1 Å². The monoisotopic (exact) mass is 259 g/mol. The fourth-order valence-electron chi connectivity index (χ4n) is 2.28. The zero-order valence-corrected chi connectivity index (χ0v) is 11.0. The summed E-state index contributed by atoms with van der Waals surface area (Å²) in [6, 6.07) is 4.09. The first-order valence-corrected chi connectivity index (χ1v) is 6.61. The maximum Gasteiger partial charge on any atom is 0.231 e. The van der Waals surface area contributed by atoms with E-state index >= 15 is 0 Å². The molecule has 92 valence electrons. The highest BCUT2D eigenvalue weighted by Crippen LogP contribution is 2.41. The SMILES string of the molecule is Cc1cc(-c2csc(N)n2)c2c(c1)C(C)C(=O)N2. The highest BCUT2D eigenvalue weighted by atomic mass is 32.1. The quantitative estimate of drug-likeness (QED) is 0.827. The van der Waals surface area contributed by atoms with E-state index in [9.17, 15) is 4.79 Å². The molecule has 1 amide bonds. The topological polar surface area (TPSA) is 68.0 Å². The molecule has 1 aromatic carbocycles. The van der Waals surface area contributed by atoms with E-state index in [4.69, 9.17) is 5.73 Å². The lowest BCUT2D eigenvalue weighted by molar-refractivity contribution is -0.116. The summed E-state index contributed by atoms with van der Waals surface area (Å²) in [6.07, 6.45) is 0. The fourth-order valence-corrected chi connectivity index (χ4v) is 2.84. The van der Waals surface area contributed by atoms with Gasteiger partial charge in [-0.2, -0.15) is 0 Å². The molecule has 0 spiro atoms. The molecule has 3 rings (SSSR count). The van der Waals surface area contributed by atoms with Crippen LogP contribution in [0.1, 0.15) is 24.0 Å². The second kappa shape index (κ2) is 3.81. The Morgan fingerprint density at radius 3 is 2.89 bits per heavy atom. The molecule has 0 radical (unpaired) electrons. The van der Waals surface area contributed by atoms with E-state index in [1.165, 1.54) is 11.3 Å². The van der Waals surface area contributed by atoms with Crippen molar-refractivity contribution in [1.82, 2.24) is 4.98 Å². The largest absolute Gasteiger partial charge is 0.375 e. The summed E-state index contributed by atoms with van der Waals surface area (Å²) < 4.78 is 0. The Hall–Kier alpha value is -1.88. The number of aryl methyl sites for hydroxylation is 1. The maximum absolute atomic E-state index is 11.8. The van der Waals surface area contributed by atoms with Gasteiger partial charge in [-0.15, -0.1) is 11.3 Å². The fraction of sp³-hybridized carbons (Fsp3) is 0.231. The number of nitrogen functional groups attached to an aromatic ring is 1. The number of nitrogens with zero attached hydrogens (tertiary/aromatic N) is 1. The lowest BCUT2D eigenvalue weighted by atomic mass is 9.97. The predicted molar refractivity (Wildman–Crippen MR) is 73.7 cm³/mol. The van der Waals surface area contributed by atoms with E-state index in [0.29, 0.717) is 5.13 Å². The molecular weight excluding hydrogens is 246 g/mol. The van der Waals surface area contributed by atoms with Gasteiger partial charge in [-0.05, 0) is 25.5 Å². The molecule has 2 heterocycles. The zero-order valence-electron chi connectivity index (χ0n) is 10.2. The van der Waals surface area contributed by atoms with Crippen molar-refractivity contribution in [1.29, 1.82) is 0 Å². The number of nitrogens with one attached hydrogen (secondary N) is 1. The van der Waals surface area contributed by atoms with Gasteiger partial charge in [0.25, 0.3) is 0 Å². The third-order valence-corrected chi connectivity index (χ3v) is 3.89. The highest BCUT2D eigenvalue weighted by molar-refractivity contribution is 7.13. The smallest absolute Gasteiger partial charge is 0.231 e. The molecular formula is C13H13N3OS. The molecule has 3 N–H and O–H groups in total. The van der Waals surface area contributed by atoms with E-state index in [2.05, 4.69) is 16.4 Å². The lowest BCUT2D eigenvalue weighted by Gasteiger charge is -2.08. The van der Waals surface area contributed by atoms with E-state index in [1.54, 1.807) is 0 Å². The Labute approximate surface area is 109 Å². The number of hydrogen-bond donors (Lipinski definition) is 2. The molecule has 0 saturated carbocycles. The van der Waals surface area contributed by atoms with Crippen LogP contribution in [0.25, 0.3) is 11.3 Å². The van der Waals surface area contributed by atoms with Crippen molar-refractivity contribution in [2.75, 3.05) is 11.1 Å². The van der Waals surface area contributed by atoms with Gasteiger partial charge in [0.15, 0.2) is 5.13 Å². The number of aromatic nitrogens is 1. The molecule has 0 saturated heterocycles. The first-order valence-electron chi connectivity index (χ1n) is 5.73. The number of carbonyl (C=O) groups is 1. The third kappa shape index (κ3) is 1.59. The molecule has 0 aliphatic carbocycles. The van der Waals surface area contributed by atoms with Crippen molar-refractivity contribution in [2.45, 2.75) is 19.8 Å². The van der Waals surface area contributed by atoms with Gasteiger partial charge >= 0.3 is 0 Å². The number of hydrogen-bond acceptors (Lipinski definition) is 4. The number of carbonyl (C=O) groups excluding carboxylic acids is 1.